The van der Waals surface area contributed by atoms with Gasteiger partial charge >= 0.3 is 0 Å². The molecule has 0 spiro atoms. The van der Waals surface area contributed by atoms with E-state index in [-0.39, 0.29) is 47.6 Å². The van der Waals surface area contributed by atoms with Gasteiger partial charge in [0.2, 0.25) is 11.9 Å². The molecule has 1 aromatic carbocycles. The number of morpholine rings is 1. The minimum Gasteiger partial charge on any atom is -0.379 e. The first-order valence-corrected chi connectivity index (χ1v) is 14.6. The molecule has 6 bridgehead atoms. The number of hydrogen-bond donors (Lipinski definition) is 3. The Balaban J connectivity index is 1.24. The molecule has 2 aliphatic heterocycles. The molecule has 2 saturated carbocycles. The number of amides is 1. The third kappa shape index (κ3) is 5.47. The number of halogens is 1. The van der Waals surface area contributed by atoms with Crippen molar-refractivity contribution < 1.29 is 18.7 Å². The number of thioether (sulfide) groups is 1. The van der Waals surface area contributed by atoms with Crippen LogP contribution in [-0.4, -0.2) is 77.3 Å². The number of primary amides is 1. The summed E-state index contributed by atoms with van der Waals surface area (Å²) in [5.74, 6) is 0.375. The molecule has 3 heterocycles. The molecular formula is C27H35FN6O3S. The zero-order valence-electron chi connectivity index (χ0n) is 21.4. The molecule has 6 rings (SSSR count). The molecular weight excluding hydrogens is 507 g/mol. The predicted octanol–water partition coefficient (Wildman–Crippen LogP) is 3.18. The van der Waals surface area contributed by atoms with Crippen molar-refractivity contribution in [3.8, 4) is 0 Å². The molecule has 6 atom stereocenters. The second-order valence-corrected chi connectivity index (χ2v) is 11.9. The Morgan fingerprint density at radius 3 is 3.00 bits per heavy atom. The van der Waals surface area contributed by atoms with E-state index >= 15 is 0 Å². The van der Waals surface area contributed by atoms with Gasteiger partial charge in [0.15, 0.2) is 11.6 Å². The summed E-state index contributed by atoms with van der Waals surface area (Å²) in [6.45, 7) is 5.24. The van der Waals surface area contributed by atoms with E-state index in [2.05, 4.69) is 37.6 Å². The number of hydrogen-bond acceptors (Lipinski definition) is 9. The molecule has 2 aromatic rings. The van der Waals surface area contributed by atoms with Gasteiger partial charge in [-0.1, -0.05) is 12.1 Å². The van der Waals surface area contributed by atoms with E-state index in [1.807, 2.05) is 23.9 Å². The fraction of sp³-hybridized carbons (Fsp3) is 0.593. The number of nitrogens with two attached hydrogens (primary N) is 1. The van der Waals surface area contributed by atoms with Gasteiger partial charge in [0.1, 0.15) is 0 Å². The summed E-state index contributed by atoms with van der Waals surface area (Å²) in [6.07, 6.45) is 3.89. The van der Waals surface area contributed by atoms with Gasteiger partial charge in [-0.3, -0.25) is 9.69 Å². The fourth-order valence-corrected chi connectivity index (χ4v) is 8.14. The first-order chi connectivity index (χ1) is 18.5. The van der Waals surface area contributed by atoms with E-state index in [9.17, 15) is 9.18 Å². The van der Waals surface area contributed by atoms with Gasteiger partial charge in [-0.05, 0) is 48.8 Å². The molecule has 4 aliphatic rings. The third-order valence-electron chi connectivity index (χ3n) is 8.34. The van der Waals surface area contributed by atoms with Crippen molar-refractivity contribution in [1.82, 2.24) is 14.9 Å². The molecule has 0 unspecified atom stereocenters. The molecule has 3 fully saturated rings. The van der Waals surface area contributed by atoms with Gasteiger partial charge in [0.05, 0.1) is 31.4 Å². The zero-order valence-corrected chi connectivity index (χ0v) is 22.2. The summed E-state index contributed by atoms with van der Waals surface area (Å²) in [5.41, 5.74) is 7.72. The predicted molar refractivity (Wildman–Crippen MR) is 145 cm³/mol. The van der Waals surface area contributed by atoms with Crippen LogP contribution in [0.5, 0.6) is 0 Å². The summed E-state index contributed by atoms with van der Waals surface area (Å²) in [5, 5.41) is 6.80. The number of anilines is 3. The van der Waals surface area contributed by atoms with Crippen molar-refractivity contribution in [3.05, 3.63) is 41.8 Å². The van der Waals surface area contributed by atoms with E-state index in [1.54, 1.807) is 0 Å². The molecule has 1 aromatic heterocycles. The minimum atomic E-state index is -0.544. The minimum absolute atomic E-state index is 0.0726. The van der Waals surface area contributed by atoms with Crippen molar-refractivity contribution in [2.75, 3.05) is 55.8 Å². The monoisotopic (exact) mass is 542 g/mol. The smallest absolute Gasteiger partial charge is 0.229 e. The van der Waals surface area contributed by atoms with Crippen molar-refractivity contribution in [1.29, 1.82) is 0 Å². The Morgan fingerprint density at radius 2 is 2.16 bits per heavy atom. The van der Waals surface area contributed by atoms with Crippen molar-refractivity contribution in [2.24, 2.45) is 23.5 Å². The summed E-state index contributed by atoms with van der Waals surface area (Å²) < 4.78 is 26.7. The largest absolute Gasteiger partial charge is 0.379 e. The van der Waals surface area contributed by atoms with Crippen LogP contribution in [0.25, 0.3) is 0 Å². The van der Waals surface area contributed by atoms with Gasteiger partial charge in [0, 0.05) is 49.0 Å². The standard InChI is InChI=1S/C27H35FN6O3S/c28-20-14-30-27-31-18-4-1-3-16(11-18)21(37-8-2-5-34-6-9-36-10-7-34)15-38-22-13-17-12-19(22)24(23(17)25(29)35)32-26(20)33-27/h1,3-4,11,14,17,19,21-24H,2,5-10,12-13,15H2,(H2,29,35)(H2,30,31,32,33)/t17-,19-,21-,22-,23+,24-/m1/s1. The van der Waals surface area contributed by atoms with Crippen LogP contribution >= 0.6 is 11.8 Å². The average molecular weight is 543 g/mol. The lowest BCUT2D eigenvalue weighted by atomic mass is 9.83. The Hall–Kier alpha value is -2.47. The molecule has 0 radical (unpaired) electrons. The number of ether oxygens (including phenoxy) is 2. The molecule has 1 saturated heterocycles. The molecule has 9 nitrogen and oxygen atoms in total. The van der Waals surface area contributed by atoms with E-state index in [0.29, 0.717) is 11.9 Å². The molecule has 4 N–H and O–H groups in total. The molecule has 2 aliphatic carbocycles. The first-order valence-electron chi connectivity index (χ1n) is 13.5. The summed E-state index contributed by atoms with van der Waals surface area (Å²) in [7, 11) is 0. The lowest BCUT2D eigenvalue weighted by Gasteiger charge is -2.35. The van der Waals surface area contributed by atoms with Crippen LogP contribution in [0.2, 0.25) is 0 Å². The van der Waals surface area contributed by atoms with Crippen LogP contribution in [0.15, 0.2) is 30.5 Å². The van der Waals surface area contributed by atoms with Crippen molar-refractivity contribution in [2.45, 2.75) is 36.7 Å². The van der Waals surface area contributed by atoms with Crippen LogP contribution in [0.1, 0.15) is 30.9 Å². The Labute approximate surface area is 226 Å². The number of carbonyl (C=O) groups excluding carboxylic acids is 1. The van der Waals surface area contributed by atoms with Crippen LogP contribution in [0, 0.1) is 23.6 Å². The van der Waals surface area contributed by atoms with Gasteiger partial charge < -0.3 is 25.8 Å². The fourth-order valence-electron chi connectivity index (χ4n) is 6.52. The molecule has 1 amide bonds. The molecule has 204 valence electrons. The number of rotatable bonds is 6. The SMILES string of the molecule is NC(=O)[C@H]1[C@@H]2C[C@H]3[C@H]1Nc1nc(ncc1F)Nc1cccc(c1)[C@H](OCCCN1CCOCC1)CS[C@@H]3C2. The highest BCUT2D eigenvalue weighted by atomic mass is 32.2. The van der Waals surface area contributed by atoms with Gasteiger partial charge in [-0.15, -0.1) is 0 Å². The highest BCUT2D eigenvalue weighted by Crippen LogP contribution is 2.54. The zero-order chi connectivity index (χ0) is 26.1. The Bertz CT molecular complexity index is 1150. The average Bonchev–Trinajstić information content (AvgIpc) is 3.49. The van der Waals surface area contributed by atoms with Gasteiger partial charge in [0.25, 0.3) is 0 Å². The number of nitrogens with zero attached hydrogens (tertiary/aromatic N) is 3. The Morgan fingerprint density at radius 1 is 1.29 bits per heavy atom. The number of carbonyl (C=O) groups is 1. The number of aromatic nitrogens is 2. The highest BCUT2D eigenvalue weighted by molar-refractivity contribution is 7.99. The number of fused-ring (bicyclic) bond motifs is 5. The van der Waals surface area contributed by atoms with Crippen LogP contribution in [-0.2, 0) is 14.3 Å². The van der Waals surface area contributed by atoms with Crippen molar-refractivity contribution in [3.63, 3.8) is 0 Å². The molecule has 38 heavy (non-hydrogen) atoms. The normalized spacial score (nSPS) is 30.8. The Kier molecular flexibility index (Phi) is 7.69. The maximum atomic E-state index is 14.7. The highest BCUT2D eigenvalue weighted by Gasteiger charge is 2.55. The lowest BCUT2D eigenvalue weighted by molar-refractivity contribution is -0.123. The second-order valence-electron chi connectivity index (χ2n) is 10.7. The quantitative estimate of drug-likeness (QED) is 0.474. The lowest BCUT2D eigenvalue weighted by Crippen LogP contribution is -2.46. The van der Waals surface area contributed by atoms with E-state index in [4.69, 9.17) is 15.2 Å². The van der Waals surface area contributed by atoms with E-state index < -0.39 is 5.82 Å². The summed E-state index contributed by atoms with van der Waals surface area (Å²) in [6, 6.07) is 7.83. The molecule has 11 heteroatoms. The van der Waals surface area contributed by atoms with Gasteiger partial charge in [-0.25, -0.2) is 9.37 Å². The maximum Gasteiger partial charge on any atom is 0.229 e. The van der Waals surface area contributed by atoms with E-state index in [0.717, 1.165) is 75.3 Å². The van der Waals surface area contributed by atoms with Crippen LogP contribution in [0.4, 0.5) is 21.8 Å². The summed E-state index contributed by atoms with van der Waals surface area (Å²) in [4.78, 5) is 23.4. The second kappa shape index (κ2) is 11.3. The van der Waals surface area contributed by atoms with Crippen LogP contribution in [0.3, 0.4) is 0 Å². The van der Waals surface area contributed by atoms with E-state index in [1.165, 1.54) is 0 Å². The first kappa shape index (κ1) is 25.8. The topological polar surface area (TPSA) is 115 Å². The van der Waals surface area contributed by atoms with Gasteiger partial charge in [-0.2, -0.15) is 16.7 Å². The maximum absolute atomic E-state index is 14.7. The van der Waals surface area contributed by atoms with Crippen LogP contribution < -0.4 is 16.4 Å². The number of nitrogens with one attached hydrogen (secondary N) is 2. The van der Waals surface area contributed by atoms with Crippen molar-refractivity contribution >= 4 is 35.1 Å². The summed E-state index contributed by atoms with van der Waals surface area (Å²) >= 11 is 1.90. The third-order valence-corrected chi connectivity index (χ3v) is 9.80. The number of benzene rings is 1.